The minimum atomic E-state index is -0.405. The third kappa shape index (κ3) is 5.90. The number of halogens is 2. The molecule has 0 atom stereocenters. The SMILES string of the molecule is CC(C)(CN)NC(=O)CCCc1nc(-c2ccc(F)cc2)no1.Cl. The molecule has 24 heavy (non-hydrogen) atoms. The lowest BCUT2D eigenvalue weighted by Crippen LogP contribution is -2.48. The number of aryl methyl sites for hydroxylation is 1. The summed E-state index contributed by atoms with van der Waals surface area (Å²) in [6.45, 7) is 4.12. The summed E-state index contributed by atoms with van der Waals surface area (Å²) in [4.78, 5) is 16.0. The number of rotatable bonds is 7. The van der Waals surface area contributed by atoms with Crippen molar-refractivity contribution in [3.05, 3.63) is 36.0 Å². The molecule has 1 aromatic heterocycles. The molecule has 0 saturated carbocycles. The molecule has 0 bridgehead atoms. The van der Waals surface area contributed by atoms with Crippen molar-refractivity contribution in [3.63, 3.8) is 0 Å². The molecule has 0 radical (unpaired) electrons. The number of hydrogen-bond donors (Lipinski definition) is 2. The van der Waals surface area contributed by atoms with Gasteiger partial charge < -0.3 is 15.6 Å². The van der Waals surface area contributed by atoms with E-state index in [4.69, 9.17) is 10.3 Å². The smallest absolute Gasteiger partial charge is 0.226 e. The topological polar surface area (TPSA) is 94.0 Å². The van der Waals surface area contributed by atoms with Crippen LogP contribution in [0.15, 0.2) is 28.8 Å². The molecule has 0 aliphatic rings. The first-order chi connectivity index (χ1) is 10.9. The van der Waals surface area contributed by atoms with Crippen molar-refractivity contribution in [1.82, 2.24) is 15.5 Å². The number of nitrogens with zero attached hydrogens (tertiary/aromatic N) is 2. The number of nitrogens with one attached hydrogen (secondary N) is 1. The van der Waals surface area contributed by atoms with Crippen molar-refractivity contribution in [1.29, 1.82) is 0 Å². The standard InChI is InChI=1S/C16H21FN4O2.ClH/c1-16(2,10-18)20-13(22)4-3-5-14-19-15(21-23-14)11-6-8-12(17)9-7-11;/h6-9H,3-5,10,18H2,1-2H3,(H,20,22);1H. The summed E-state index contributed by atoms with van der Waals surface area (Å²) in [7, 11) is 0. The molecule has 0 aliphatic carbocycles. The fourth-order valence-electron chi connectivity index (χ4n) is 1.96. The minimum Gasteiger partial charge on any atom is -0.350 e. The van der Waals surface area contributed by atoms with Crippen LogP contribution in [0, 0.1) is 5.82 Å². The first-order valence-corrected chi connectivity index (χ1v) is 7.49. The Morgan fingerprint density at radius 2 is 2.00 bits per heavy atom. The highest BCUT2D eigenvalue weighted by Crippen LogP contribution is 2.16. The third-order valence-electron chi connectivity index (χ3n) is 3.35. The molecular weight excluding hydrogens is 335 g/mol. The van der Waals surface area contributed by atoms with E-state index in [-0.39, 0.29) is 24.1 Å². The number of amides is 1. The molecule has 1 heterocycles. The van der Waals surface area contributed by atoms with Crippen LogP contribution in [-0.2, 0) is 11.2 Å². The minimum absolute atomic E-state index is 0. The quantitative estimate of drug-likeness (QED) is 0.794. The highest BCUT2D eigenvalue weighted by Gasteiger charge is 2.18. The molecule has 132 valence electrons. The van der Waals surface area contributed by atoms with Crippen molar-refractivity contribution in [3.8, 4) is 11.4 Å². The second-order valence-electron chi connectivity index (χ2n) is 6.01. The van der Waals surface area contributed by atoms with Crippen LogP contribution in [0.25, 0.3) is 11.4 Å². The number of aromatic nitrogens is 2. The van der Waals surface area contributed by atoms with Crippen LogP contribution in [0.5, 0.6) is 0 Å². The molecule has 3 N–H and O–H groups in total. The van der Waals surface area contributed by atoms with Crippen LogP contribution in [0.1, 0.15) is 32.6 Å². The molecule has 2 rings (SSSR count). The van der Waals surface area contributed by atoms with Gasteiger partial charge in [-0.2, -0.15) is 4.98 Å². The molecular formula is C16H22ClFN4O2. The van der Waals surface area contributed by atoms with Gasteiger partial charge in [-0.15, -0.1) is 12.4 Å². The predicted octanol–water partition coefficient (Wildman–Crippen LogP) is 2.47. The Labute approximate surface area is 146 Å². The van der Waals surface area contributed by atoms with Gasteiger partial charge in [0.2, 0.25) is 17.6 Å². The molecule has 0 aliphatic heterocycles. The third-order valence-corrected chi connectivity index (χ3v) is 3.35. The Morgan fingerprint density at radius 1 is 1.33 bits per heavy atom. The largest absolute Gasteiger partial charge is 0.350 e. The van der Waals surface area contributed by atoms with Crippen molar-refractivity contribution in [2.75, 3.05) is 6.54 Å². The predicted molar refractivity (Wildman–Crippen MR) is 91.2 cm³/mol. The lowest BCUT2D eigenvalue weighted by molar-refractivity contribution is -0.122. The van der Waals surface area contributed by atoms with E-state index in [0.717, 1.165) is 0 Å². The second-order valence-corrected chi connectivity index (χ2v) is 6.01. The Balaban J connectivity index is 0.00000288. The van der Waals surface area contributed by atoms with Gasteiger partial charge in [-0.25, -0.2) is 4.39 Å². The van der Waals surface area contributed by atoms with E-state index in [2.05, 4.69) is 15.5 Å². The van der Waals surface area contributed by atoms with E-state index < -0.39 is 5.54 Å². The normalized spacial score (nSPS) is 11.0. The molecule has 0 saturated heterocycles. The van der Waals surface area contributed by atoms with E-state index in [9.17, 15) is 9.18 Å². The maximum Gasteiger partial charge on any atom is 0.226 e. The number of hydrogen-bond acceptors (Lipinski definition) is 5. The van der Waals surface area contributed by atoms with Gasteiger partial charge in [-0.1, -0.05) is 5.16 Å². The van der Waals surface area contributed by atoms with Gasteiger partial charge in [-0.05, 0) is 44.5 Å². The van der Waals surface area contributed by atoms with Crippen LogP contribution < -0.4 is 11.1 Å². The highest BCUT2D eigenvalue weighted by atomic mass is 35.5. The van der Waals surface area contributed by atoms with E-state index in [1.54, 1.807) is 12.1 Å². The monoisotopic (exact) mass is 356 g/mol. The summed E-state index contributed by atoms with van der Waals surface area (Å²) in [5.74, 6) is 0.492. The first kappa shape index (κ1) is 20.1. The molecule has 1 amide bonds. The second kappa shape index (κ2) is 8.75. The Bertz CT molecular complexity index is 658. The number of benzene rings is 1. The maximum atomic E-state index is 12.9. The lowest BCUT2D eigenvalue weighted by atomic mass is 10.1. The number of nitrogens with two attached hydrogens (primary N) is 1. The van der Waals surface area contributed by atoms with Crippen LogP contribution in [0.2, 0.25) is 0 Å². The van der Waals surface area contributed by atoms with Crippen LogP contribution in [0.3, 0.4) is 0 Å². The average molecular weight is 357 g/mol. The number of carbonyl (C=O) groups excluding carboxylic acids is 1. The highest BCUT2D eigenvalue weighted by molar-refractivity contribution is 5.85. The van der Waals surface area contributed by atoms with Gasteiger partial charge in [0, 0.05) is 30.5 Å². The summed E-state index contributed by atoms with van der Waals surface area (Å²) in [5, 5.41) is 6.72. The average Bonchev–Trinajstić information content (AvgIpc) is 2.96. The van der Waals surface area contributed by atoms with E-state index >= 15 is 0 Å². The summed E-state index contributed by atoms with van der Waals surface area (Å²) < 4.78 is 18.0. The Kier molecular flexibility index (Phi) is 7.31. The Hall–Kier alpha value is -1.99. The molecule has 0 fully saturated rings. The summed E-state index contributed by atoms with van der Waals surface area (Å²) in [5.41, 5.74) is 5.85. The fraction of sp³-hybridized carbons (Fsp3) is 0.438. The van der Waals surface area contributed by atoms with Crippen LogP contribution in [0.4, 0.5) is 4.39 Å². The summed E-state index contributed by atoms with van der Waals surface area (Å²) >= 11 is 0. The summed E-state index contributed by atoms with van der Waals surface area (Å²) in [6.07, 6.45) is 1.46. The first-order valence-electron chi connectivity index (χ1n) is 7.49. The maximum absolute atomic E-state index is 12.9. The van der Waals surface area contributed by atoms with Crippen molar-refractivity contribution < 1.29 is 13.7 Å². The molecule has 1 aromatic carbocycles. The van der Waals surface area contributed by atoms with Gasteiger partial charge in [0.05, 0.1) is 0 Å². The van der Waals surface area contributed by atoms with E-state index in [1.165, 1.54) is 12.1 Å². The van der Waals surface area contributed by atoms with Crippen LogP contribution in [-0.4, -0.2) is 28.1 Å². The van der Waals surface area contributed by atoms with E-state index in [0.29, 0.717) is 43.1 Å². The molecule has 2 aromatic rings. The van der Waals surface area contributed by atoms with Crippen LogP contribution >= 0.6 is 12.4 Å². The van der Waals surface area contributed by atoms with E-state index in [1.807, 2.05) is 13.8 Å². The van der Waals surface area contributed by atoms with Gasteiger partial charge in [0.1, 0.15) is 5.82 Å². The molecule has 8 heteroatoms. The zero-order valence-corrected chi connectivity index (χ0v) is 14.5. The van der Waals surface area contributed by atoms with Gasteiger partial charge in [-0.3, -0.25) is 4.79 Å². The molecule has 6 nitrogen and oxygen atoms in total. The zero-order chi connectivity index (χ0) is 16.9. The molecule has 0 spiro atoms. The van der Waals surface area contributed by atoms with Crippen molar-refractivity contribution in [2.45, 2.75) is 38.6 Å². The Morgan fingerprint density at radius 3 is 2.62 bits per heavy atom. The van der Waals surface area contributed by atoms with Gasteiger partial charge >= 0.3 is 0 Å². The summed E-state index contributed by atoms with van der Waals surface area (Å²) in [6, 6.07) is 5.86. The fourth-order valence-corrected chi connectivity index (χ4v) is 1.96. The van der Waals surface area contributed by atoms with Crippen molar-refractivity contribution >= 4 is 18.3 Å². The number of carbonyl (C=O) groups is 1. The van der Waals surface area contributed by atoms with Gasteiger partial charge in [0.25, 0.3) is 0 Å². The van der Waals surface area contributed by atoms with Gasteiger partial charge in [0.15, 0.2) is 0 Å². The molecule has 0 unspecified atom stereocenters. The zero-order valence-electron chi connectivity index (χ0n) is 13.7. The lowest BCUT2D eigenvalue weighted by Gasteiger charge is -2.24. The van der Waals surface area contributed by atoms with Crippen molar-refractivity contribution in [2.24, 2.45) is 5.73 Å².